The maximum Gasteiger partial charge on any atom is 0.272 e. The number of amides is 1. The van der Waals surface area contributed by atoms with Crippen LogP contribution >= 0.6 is 0 Å². The van der Waals surface area contributed by atoms with Crippen molar-refractivity contribution in [3.8, 4) is 11.8 Å². The highest BCUT2D eigenvalue weighted by Gasteiger charge is 2.28. The van der Waals surface area contributed by atoms with Gasteiger partial charge < -0.3 is 21.3 Å². The predicted molar refractivity (Wildman–Crippen MR) is 147 cm³/mol. The molecule has 1 aromatic carbocycles. The van der Waals surface area contributed by atoms with Gasteiger partial charge in [0.15, 0.2) is 11.5 Å². The second-order valence-electron chi connectivity index (χ2n) is 9.26. The minimum absolute atomic E-state index is 0.0807. The molecule has 0 bridgehead atoms. The summed E-state index contributed by atoms with van der Waals surface area (Å²) in [5.41, 5.74) is 11.4. The second-order valence-corrected chi connectivity index (χ2v) is 9.26. The van der Waals surface area contributed by atoms with Crippen molar-refractivity contribution < 1.29 is 4.79 Å². The second kappa shape index (κ2) is 10.8. The van der Waals surface area contributed by atoms with E-state index in [1.807, 2.05) is 34.9 Å². The summed E-state index contributed by atoms with van der Waals surface area (Å²) in [6, 6.07) is 12.1. The standard InChI is InChI=1S/C28H32N8O/c1-3-4-15-36-25(26(30-2)34-28(36)35-14-8-10-20(29)18-35)27(37)32-17-24-21-11-6-5-9-19(21)16-23-22(33-24)12-7-13-31-23/h5-7,9,11-13,20,30H,8,10,14-18,29H2,1-2H3,(H,32,37). The van der Waals surface area contributed by atoms with Crippen molar-refractivity contribution in [3.63, 3.8) is 0 Å². The van der Waals surface area contributed by atoms with E-state index in [1.165, 1.54) is 0 Å². The van der Waals surface area contributed by atoms with Gasteiger partial charge in [-0.2, -0.15) is 4.98 Å². The average molecular weight is 497 g/mol. The molecule has 1 atom stereocenters. The monoisotopic (exact) mass is 496 g/mol. The molecule has 2 aliphatic heterocycles. The Balaban J connectivity index is 1.47. The average Bonchev–Trinajstić information content (AvgIpc) is 3.21. The number of nitrogens with one attached hydrogen (secondary N) is 2. The summed E-state index contributed by atoms with van der Waals surface area (Å²) in [7, 11) is 1.77. The van der Waals surface area contributed by atoms with E-state index in [1.54, 1.807) is 20.2 Å². The van der Waals surface area contributed by atoms with E-state index in [9.17, 15) is 4.79 Å². The van der Waals surface area contributed by atoms with Crippen LogP contribution in [0.5, 0.6) is 0 Å². The van der Waals surface area contributed by atoms with Crippen molar-refractivity contribution in [2.45, 2.75) is 38.8 Å². The molecular formula is C28H32N8O. The summed E-state index contributed by atoms with van der Waals surface area (Å²) in [6.45, 7) is 3.96. The van der Waals surface area contributed by atoms with E-state index in [4.69, 9.17) is 15.7 Å². The van der Waals surface area contributed by atoms with Gasteiger partial charge in [-0.3, -0.25) is 14.3 Å². The summed E-state index contributed by atoms with van der Waals surface area (Å²) >= 11 is 0. The number of anilines is 2. The highest BCUT2D eigenvalue weighted by Crippen LogP contribution is 2.28. The highest BCUT2D eigenvalue weighted by molar-refractivity contribution is 6.08. The van der Waals surface area contributed by atoms with E-state index in [0.717, 1.165) is 47.6 Å². The third-order valence-electron chi connectivity index (χ3n) is 6.78. The van der Waals surface area contributed by atoms with Gasteiger partial charge in [0, 0.05) is 44.4 Å². The van der Waals surface area contributed by atoms with Crippen LogP contribution in [0.15, 0.2) is 47.6 Å². The van der Waals surface area contributed by atoms with Crippen LogP contribution in [0.25, 0.3) is 0 Å². The molecule has 5 rings (SSSR count). The zero-order valence-electron chi connectivity index (χ0n) is 21.3. The Hall–Kier alpha value is -4.16. The highest BCUT2D eigenvalue weighted by atomic mass is 16.2. The number of pyridine rings is 1. The number of carbonyl (C=O) groups is 1. The van der Waals surface area contributed by atoms with Crippen LogP contribution in [0.1, 0.15) is 47.1 Å². The first-order valence-electron chi connectivity index (χ1n) is 12.7. The molecule has 0 saturated carbocycles. The zero-order chi connectivity index (χ0) is 25.8. The van der Waals surface area contributed by atoms with E-state index in [-0.39, 0.29) is 18.5 Å². The molecule has 1 amide bonds. The normalized spacial score (nSPS) is 16.5. The third kappa shape index (κ3) is 5.06. The lowest BCUT2D eigenvalue weighted by molar-refractivity contribution is 0.0951. The van der Waals surface area contributed by atoms with Crippen LogP contribution < -0.4 is 21.3 Å². The Kier molecular flexibility index (Phi) is 7.19. The number of fused-ring (bicyclic) bond motifs is 2. The first-order chi connectivity index (χ1) is 18.1. The number of imidazole rings is 1. The van der Waals surface area contributed by atoms with Crippen LogP contribution in [0.2, 0.25) is 0 Å². The van der Waals surface area contributed by atoms with Gasteiger partial charge in [0.2, 0.25) is 5.95 Å². The van der Waals surface area contributed by atoms with Crippen molar-refractivity contribution in [1.29, 1.82) is 0 Å². The zero-order valence-corrected chi connectivity index (χ0v) is 21.3. The van der Waals surface area contributed by atoms with Crippen LogP contribution in [0.3, 0.4) is 0 Å². The van der Waals surface area contributed by atoms with Crippen LogP contribution in [0.4, 0.5) is 17.5 Å². The molecule has 2 aliphatic rings. The molecule has 1 fully saturated rings. The van der Waals surface area contributed by atoms with E-state index in [2.05, 4.69) is 38.4 Å². The Labute approximate surface area is 217 Å². The molecule has 0 aliphatic carbocycles. The number of aromatic nitrogens is 3. The summed E-state index contributed by atoms with van der Waals surface area (Å²) < 4.78 is 1.89. The molecular weight excluding hydrogens is 464 g/mol. The van der Waals surface area contributed by atoms with Gasteiger partial charge >= 0.3 is 0 Å². The summed E-state index contributed by atoms with van der Waals surface area (Å²) in [5, 5.41) is 6.21. The molecule has 9 heteroatoms. The van der Waals surface area contributed by atoms with Gasteiger partial charge in [-0.1, -0.05) is 30.2 Å². The lowest BCUT2D eigenvalue weighted by Gasteiger charge is -2.31. The number of nitrogens with zero attached hydrogens (tertiary/aromatic N) is 5. The van der Waals surface area contributed by atoms with E-state index < -0.39 is 0 Å². The van der Waals surface area contributed by atoms with Crippen LogP contribution in [-0.2, 0) is 13.0 Å². The summed E-state index contributed by atoms with van der Waals surface area (Å²) in [6.07, 6.45) is 4.46. The van der Waals surface area contributed by atoms with Crippen molar-refractivity contribution in [1.82, 2.24) is 19.9 Å². The quantitative estimate of drug-likeness (QED) is 0.452. The Morgan fingerprint density at radius 3 is 2.92 bits per heavy atom. The number of piperidine rings is 1. The summed E-state index contributed by atoms with van der Waals surface area (Å²) in [4.78, 5) is 30.1. The number of nitrogens with two attached hydrogens (primary N) is 1. The first-order valence-corrected chi connectivity index (χ1v) is 12.7. The van der Waals surface area contributed by atoms with Gasteiger partial charge in [-0.15, -0.1) is 5.92 Å². The van der Waals surface area contributed by atoms with Gasteiger partial charge in [0.1, 0.15) is 0 Å². The maximum absolute atomic E-state index is 13.7. The molecule has 9 nitrogen and oxygen atoms in total. The molecule has 0 spiro atoms. The number of carbonyl (C=O) groups excluding carboxylic acids is 1. The number of hydrogen-bond donors (Lipinski definition) is 3. The fourth-order valence-corrected chi connectivity index (χ4v) is 4.98. The lowest BCUT2D eigenvalue weighted by atomic mass is 10.00. The van der Waals surface area contributed by atoms with Gasteiger partial charge in [-0.25, -0.2) is 4.99 Å². The predicted octanol–water partition coefficient (Wildman–Crippen LogP) is 2.73. The minimum Gasteiger partial charge on any atom is -0.371 e. The molecule has 3 aromatic rings. The Morgan fingerprint density at radius 1 is 1.24 bits per heavy atom. The molecule has 190 valence electrons. The molecule has 1 saturated heterocycles. The van der Waals surface area contributed by atoms with Crippen molar-refractivity contribution in [2.24, 2.45) is 10.7 Å². The van der Waals surface area contributed by atoms with E-state index in [0.29, 0.717) is 37.0 Å². The molecule has 4 N–H and O–H groups in total. The topological polar surface area (TPSA) is 113 Å². The fourth-order valence-electron chi connectivity index (χ4n) is 4.98. The smallest absolute Gasteiger partial charge is 0.272 e. The van der Waals surface area contributed by atoms with Crippen LogP contribution in [0, 0.1) is 11.8 Å². The number of aliphatic imine (C=N–C) groups is 1. The molecule has 0 radical (unpaired) electrons. The van der Waals surface area contributed by atoms with Gasteiger partial charge in [0.25, 0.3) is 5.91 Å². The SMILES string of the molecule is CC#CCn1c(N2CCCC(N)C2)nc(NC)c1C(=O)NCC1=Nc2cccnc2Cc2ccccc21. The molecule has 4 heterocycles. The minimum atomic E-state index is -0.238. The maximum atomic E-state index is 13.7. The summed E-state index contributed by atoms with van der Waals surface area (Å²) in [5.74, 6) is 7.03. The van der Waals surface area contributed by atoms with Crippen molar-refractivity contribution >= 4 is 29.1 Å². The molecule has 1 unspecified atom stereocenters. The van der Waals surface area contributed by atoms with Crippen molar-refractivity contribution in [2.75, 3.05) is 36.9 Å². The Bertz CT molecular complexity index is 1400. The number of rotatable bonds is 6. The number of benzene rings is 1. The van der Waals surface area contributed by atoms with Gasteiger partial charge in [-0.05, 0) is 37.5 Å². The van der Waals surface area contributed by atoms with Crippen molar-refractivity contribution in [3.05, 3.63) is 65.1 Å². The molecule has 37 heavy (non-hydrogen) atoms. The fraction of sp³-hybridized carbons (Fsp3) is 0.357. The van der Waals surface area contributed by atoms with E-state index >= 15 is 0 Å². The van der Waals surface area contributed by atoms with Crippen LogP contribution in [-0.4, -0.2) is 58.9 Å². The first kappa shape index (κ1) is 24.5. The third-order valence-corrected chi connectivity index (χ3v) is 6.78. The Morgan fingerprint density at radius 2 is 2.11 bits per heavy atom. The lowest BCUT2D eigenvalue weighted by Crippen LogP contribution is -2.44. The largest absolute Gasteiger partial charge is 0.371 e. The number of hydrogen-bond acceptors (Lipinski definition) is 7. The molecule has 2 aromatic heterocycles. The van der Waals surface area contributed by atoms with Gasteiger partial charge in [0.05, 0.1) is 30.2 Å².